The van der Waals surface area contributed by atoms with E-state index in [0.717, 1.165) is 0 Å². The third-order valence-electron chi connectivity index (χ3n) is 4.08. The van der Waals surface area contributed by atoms with E-state index >= 15 is 0 Å². The molecule has 0 aliphatic rings. The van der Waals surface area contributed by atoms with Gasteiger partial charge in [-0.25, -0.2) is 0 Å². The van der Waals surface area contributed by atoms with Gasteiger partial charge in [0.05, 0.1) is 0 Å². The van der Waals surface area contributed by atoms with E-state index in [2.05, 4.69) is 49.4 Å². The second kappa shape index (κ2) is 13.9. The van der Waals surface area contributed by atoms with Gasteiger partial charge in [0.1, 0.15) is 0 Å². The molecule has 0 N–H and O–H groups in total. The molecule has 0 atom stereocenters. The predicted molar refractivity (Wildman–Crippen MR) is 95.7 cm³/mol. The van der Waals surface area contributed by atoms with Gasteiger partial charge in [-0.2, -0.15) is 0 Å². The van der Waals surface area contributed by atoms with Crippen molar-refractivity contribution in [1.82, 2.24) is 0 Å². The Bertz CT molecular complexity index is 336. The maximum atomic E-state index is 2.38. The van der Waals surface area contributed by atoms with Crippen LogP contribution in [-0.4, -0.2) is 0 Å². The first-order valence-corrected chi connectivity index (χ1v) is 9.12. The quantitative estimate of drug-likeness (QED) is 0.268. The molecule has 0 radical (unpaired) electrons. The molecule has 0 unspecified atom stereocenters. The second-order valence-corrected chi connectivity index (χ2v) is 6.11. The summed E-state index contributed by atoms with van der Waals surface area (Å²) < 4.78 is 0. The Balaban J connectivity index is 1.82. The maximum Gasteiger partial charge on any atom is -0.0244 e. The van der Waals surface area contributed by atoms with E-state index in [1.807, 2.05) is 0 Å². The number of hydrogen-bond acceptors (Lipinski definition) is 0. The highest BCUT2D eigenvalue weighted by molar-refractivity contribution is 5.15. The smallest absolute Gasteiger partial charge is 0.0244 e. The molecule has 1 aromatic carbocycles. The Kier molecular flexibility index (Phi) is 11.9. The van der Waals surface area contributed by atoms with E-state index < -0.39 is 0 Å². The van der Waals surface area contributed by atoms with Gasteiger partial charge >= 0.3 is 0 Å². The van der Waals surface area contributed by atoms with Gasteiger partial charge in [-0.05, 0) is 31.2 Å². The molecule has 0 heteroatoms. The molecule has 0 saturated heterocycles. The van der Waals surface area contributed by atoms with Crippen molar-refractivity contribution in [2.75, 3.05) is 0 Å². The molecule has 1 aromatic rings. The van der Waals surface area contributed by atoms with E-state index in [4.69, 9.17) is 0 Å². The van der Waals surface area contributed by atoms with Crippen LogP contribution in [-0.2, 0) is 6.42 Å². The van der Waals surface area contributed by atoms with Crippen molar-refractivity contribution in [3.8, 4) is 0 Å². The summed E-state index contributed by atoms with van der Waals surface area (Å²) in [6, 6.07) is 10.8. The number of hydrogen-bond donors (Lipinski definition) is 0. The lowest BCUT2D eigenvalue weighted by atomic mass is 10.1. The Morgan fingerprint density at radius 2 is 1.24 bits per heavy atom. The lowest BCUT2D eigenvalue weighted by Crippen LogP contribution is -1.82. The van der Waals surface area contributed by atoms with Crippen molar-refractivity contribution in [3.05, 3.63) is 48.0 Å². The summed E-state index contributed by atoms with van der Waals surface area (Å²) in [5.74, 6) is 0. The molecule has 0 fully saturated rings. The van der Waals surface area contributed by atoms with Crippen LogP contribution in [0.2, 0.25) is 0 Å². The predicted octanol–water partition coefficient (Wildman–Crippen LogP) is 7.10. The number of rotatable bonds is 13. The largest absolute Gasteiger partial charge is 0.0885 e. The lowest BCUT2D eigenvalue weighted by Gasteiger charge is -2.00. The molecule has 0 aromatic heterocycles. The van der Waals surface area contributed by atoms with E-state index in [0.29, 0.717) is 0 Å². The summed E-state index contributed by atoms with van der Waals surface area (Å²) in [5, 5.41) is 0. The van der Waals surface area contributed by atoms with Crippen molar-refractivity contribution >= 4 is 0 Å². The van der Waals surface area contributed by atoms with Crippen molar-refractivity contribution in [2.24, 2.45) is 0 Å². The minimum Gasteiger partial charge on any atom is -0.0885 e. The van der Waals surface area contributed by atoms with Crippen LogP contribution in [0.3, 0.4) is 0 Å². The zero-order valence-corrected chi connectivity index (χ0v) is 14.0. The number of benzene rings is 1. The van der Waals surface area contributed by atoms with Gasteiger partial charge in [-0.3, -0.25) is 0 Å². The summed E-state index contributed by atoms with van der Waals surface area (Å²) in [7, 11) is 0. The fourth-order valence-corrected chi connectivity index (χ4v) is 2.70. The standard InChI is InChI=1S/C21H34/c1-2-3-4-5-6-7-8-9-10-11-12-13-15-18-21-19-16-14-17-20-21/h12-14,16-17,19-20H,2-11,15,18H2,1H3/b13-12+. The molecule has 0 amide bonds. The first-order valence-electron chi connectivity index (χ1n) is 9.12. The number of aryl methyl sites for hydroxylation is 1. The molecule has 21 heavy (non-hydrogen) atoms. The monoisotopic (exact) mass is 286 g/mol. The molecule has 118 valence electrons. The molecule has 0 aliphatic carbocycles. The zero-order chi connectivity index (χ0) is 15.0. The zero-order valence-electron chi connectivity index (χ0n) is 14.0. The summed E-state index contributed by atoms with van der Waals surface area (Å²) in [5.41, 5.74) is 1.45. The summed E-state index contributed by atoms with van der Waals surface area (Å²) in [4.78, 5) is 0. The molecular weight excluding hydrogens is 252 g/mol. The summed E-state index contributed by atoms with van der Waals surface area (Å²) in [6.45, 7) is 2.29. The average molecular weight is 287 g/mol. The van der Waals surface area contributed by atoms with E-state index in [9.17, 15) is 0 Å². The number of unbranched alkanes of at least 4 members (excludes halogenated alkanes) is 9. The maximum absolute atomic E-state index is 2.38. The minimum atomic E-state index is 1.18. The van der Waals surface area contributed by atoms with Crippen LogP contribution in [0, 0.1) is 0 Å². The lowest BCUT2D eigenvalue weighted by molar-refractivity contribution is 0.566. The molecule has 0 saturated carbocycles. The van der Waals surface area contributed by atoms with E-state index in [1.165, 1.54) is 82.6 Å². The van der Waals surface area contributed by atoms with Crippen LogP contribution in [0.15, 0.2) is 42.5 Å². The normalized spacial score (nSPS) is 11.3. The SMILES string of the molecule is CCCCCCCCCCC/C=C/CCc1ccccc1. The Morgan fingerprint density at radius 1 is 0.667 bits per heavy atom. The van der Waals surface area contributed by atoms with Gasteiger partial charge < -0.3 is 0 Å². The molecule has 0 aliphatic heterocycles. The summed E-state index contributed by atoms with van der Waals surface area (Å²) >= 11 is 0. The highest BCUT2D eigenvalue weighted by atomic mass is 14.0. The first-order chi connectivity index (χ1) is 10.4. The van der Waals surface area contributed by atoms with Gasteiger partial charge in [0.15, 0.2) is 0 Å². The minimum absolute atomic E-state index is 1.18. The molecule has 0 spiro atoms. The Labute approximate surface area is 132 Å². The van der Waals surface area contributed by atoms with E-state index in [1.54, 1.807) is 0 Å². The topological polar surface area (TPSA) is 0 Å². The molecule has 1 rings (SSSR count). The third kappa shape index (κ3) is 11.3. The van der Waals surface area contributed by atoms with Gasteiger partial charge in [0.2, 0.25) is 0 Å². The van der Waals surface area contributed by atoms with Crippen LogP contribution in [0.4, 0.5) is 0 Å². The third-order valence-corrected chi connectivity index (χ3v) is 4.08. The number of allylic oxidation sites excluding steroid dienone is 2. The van der Waals surface area contributed by atoms with Crippen molar-refractivity contribution in [2.45, 2.75) is 84.0 Å². The second-order valence-electron chi connectivity index (χ2n) is 6.11. The highest BCUT2D eigenvalue weighted by Crippen LogP contribution is 2.11. The van der Waals surface area contributed by atoms with Gasteiger partial charge in [-0.1, -0.05) is 101 Å². The molecule has 0 bridgehead atoms. The molecular formula is C21H34. The molecule has 0 heterocycles. The van der Waals surface area contributed by atoms with Crippen LogP contribution < -0.4 is 0 Å². The van der Waals surface area contributed by atoms with Crippen molar-refractivity contribution in [1.29, 1.82) is 0 Å². The van der Waals surface area contributed by atoms with Gasteiger partial charge in [0, 0.05) is 0 Å². The highest BCUT2D eigenvalue weighted by Gasteiger charge is 1.91. The van der Waals surface area contributed by atoms with Gasteiger partial charge in [0.25, 0.3) is 0 Å². The van der Waals surface area contributed by atoms with Crippen LogP contribution in [0.25, 0.3) is 0 Å². The van der Waals surface area contributed by atoms with Crippen molar-refractivity contribution in [3.63, 3.8) is 0 Å². The van der Waals surface area contributed by atoms with E-state index in [-0.39, 0.29) is 0 Å². The fourth-order valence-electron chi connectivity index (χ4n) is 2.70. The van der Waals surface area contributed by atoms with Crippen LogP contribution in [0.5, 0.6) is 0 Å². The van der Waals surface area contributed by atoms with Crippen LogP contribution >= 0.6 is 0 Å². The summed E-state index contributed by atoms with van der Waals surface area (Å²) in [6.07, 6.45) is 21.2. The first kappa shape index (κ1) is 18.0. The average Bonchev–Trinajstić information content (AvgIpc) is 2.53. The van der Waals surface area contributed by atoms with Crippen LogP contribution in [0.1, 0.15) is 83.1 Å². The van der Waals surface area contributed by atoms with Gasteiger partial charge in [-0.15, -0.1) is 0 Å². The molecule has 0 nitrogen and oxygen atoms in total. The fraction of sp³-hybridized carbons (Fsp3) is 0.619. The Hall–Kier alpha value is -1.04. The van der Waals surface area contributed by atoms with Crippen molar-refractivity contribution < 1.29 is 0 Å². The Morgan fingerprint density at radius 3 is 1.90 bits per heavy atom.